The van der Waals surface area contributed by atoms with Crippen LogP contribution in [0.5, 0.6) is 0 Å². The van der Waals surface area contributed by atoms with Crippen molar-refractivity contribution in [1.29, 1.82) is 0 Å². The quantitative estimate of drug-likeness (QED) is 0.850. The van der Waals surface area contributed by atoms with Crippen molar-refractivity contribution in [1.82, 2.24) is 10.1 Å². The van der Waals surface area contributed by atoms with E-state index in [4.69, 9.17) is 10.3 Å². The number of aromatic nitrogens is 2. The molecule has 4 heteroatoms. The van der Waals surface area contributed by atoms with E-state index in [1.54, 1.807) is 0 Å². The molecule has 2 aromatic rings. The Morgan fingerprint density at radius 1 is 1.25 bits per heavy atom. The van der Waals surface area contributed by atoms with E-state index < -0.39 is 0 Å². The molecule has 0 unspecified atom stereocenters. The lowest BCUT2D eigenvalue weighted by Crippen LogP contribution is -1.98. The van der Waals surface area contributed by atoms with Crippen LogP contribution in [0.2, 0.25) is 0 Å². The van der Waals surface area contributed by atoms with Crippen LogP contribution in [0.25, 0.3) is 0 Å². The van der Waals surface area contributed by atoms with Crippen LogP contribution in [0.4, 0.5) is 0 Å². The van der Waals surface area contributed by atoms with Gasteiger partial charge in [0.1, 0.15) is 0 Å². The van der Waals surface area contributed by atoms with Crippen LogP contribution in [0.15, 0.2) is 22.7 Å². The summed E-state index contributed by atoms with van der Waals surface area (Å²) in [6.07, 6.45) is 0.661. The summed E-state index contributed by atoms with van der Waals surface area (Å²) in [5, 5.41) is 3.76. The van der Waals surface area contributed by atoms with Gasteiger partial charge in [-0.3, -0.25) is 0 Å². The lowest BCUT2D eigenvalue weighted by atomic mass is 10.0. The Balaban J connectivity index is 2.17. The second-order valence-electron chi connectivity index (χ2n) is 3.90. The summed E-state index contributed by atoms with van der Waals surface area (Å²) in [7, 11) is 0. The maximum absolute atomic E-state index is 5.42. The second-order valence-corrected chi connectivity index (χ2v) is 3.90. The summed E-state index contributed by atoms with van der Waals surface area (Å²) in [5.41, 5.74) is 9.15. The maximum atomic E-state index is 5.42. The third-order valence-electron chi connectivity index (χ3n) is 2.62. The number of hydrogen-bond donors (Lipinski definition) is 1. The zero-order valence-corrected chi connectivity index (χ0v) is 9.53. The fourth-order valence-corrected chi connectivity index (χ4v) is 1.53. The first-order valence-corrected chi connectivity index (χ1v) is 5.26. The molecule has 84 valence electrons. The van der Waals surface area contributed by atoms with Crippen molar-refractivity contribution < 1.29 is 4.52 Å². The van der Waals surface area contributed by atoms with Crippen LogP contribution < -0.4 is 5.73 Å². The number of nitrogens with two attached hydrogens (primary N) is 1. The van der Waals surface area contributed by atoms with Gasteiger partial charge in [0.25, 0.3) is 0 Å². The zero-order chi connectivity index (χ0) is 11.5. The molecule has 1 heterocycles. The minimum Gasteiger partial charge on any atom is -0.339 e. The second kappa shape index (κ2) is 4.45. The molecule has 0 saturated carbocycles. The largest absolute Gasteiger partial charge is 0.339 e. The lowest BCUT2D eigenvalue weighted by molar-refractivity contribution is 0.379. The van der Waals surface area contributed by atoms with Crippen LogP contribution in [0.3, 0.4) is 0 Å². The van der Waals surface area contributed by atoms with E-state index in [1.165, 1.54) is 16.7 Å². The highest BCUT2D eigenvalue weighted by molar-refractivity contribution is 5.31. The van der Waals surface area contributed by atoms with Gasteiger partial charge in [0.05, 0.1) is 13.0 Å². The molecule has 0 aliphatic carbocycles. The fourth-order valence-electron chi connectivity index (χ4n) is 1.53. The molecule has 0 spiro atoms. The first-order valence-electron chi connectivity index (χ1n) is 5.26. The smallest absolute Gasteiger partial charge is 0.231 e. The summed E-state index contributed by atoms with van der Waals surface area (Å²) in [6, 6.07) is 6.32. The average Bonchev–Trinajstić information content (AvgIpc) is 2.71. The highest BCUT2D eigenvalue weighted by atomic mass is 16.5. The topological polar surface area (TPSA) is 64.9 Å². The maximum Gasteiger partial charge on any atom is 0.231 e. The number of benzene rings is 1. The Bertz CT molecular complexity index is 491. The van der Waals surface area contributed by atoms with Gasteiger partial charge < -0.3 is 10.3 Å². The van der Waals surface area contributed by atoms with Crippen molar-refractivity contribution in [3.05, 3.63) is 46.6 Å². The molecule has 16 heavy (non-hydrogen) atoms. The van der Waals surface area contributed by atoms with Gasteiger partial charge >= 0.3 is 0 Å². The van der Waals surface area contributed by atoms with E-state index in [9.17, 15) is 0 Å². The number of hydrogen-bond acceptors (Lipinski definition) is 4. The number of rotatable bonds is 3. The first kappa shape index (κ1) is 10.8. The zero-order valence-electron chi connectivity index (χ0n) is 9.53. The van der Waals surface area contributed by atoms with Crippen LogP contribution >= 0.6 is 0 Å². The number of nitrogens with zero attached hydrogens (tertiary/aromatic N) is 2. The highest BCUT2D eigenvalue weighted by Gasteiger charge is 2.06. The van der Waals surface area contributed by atoms with Crippen LogP contribution in [0, 0.1) is 13.8 Å². The van der Waals surface area contributed by atoms with Gasteiger partial charge in [0, 0.05) is 0 Å². The molecule has 0 radical (unpaired) electrons. The molecular formula is C12H15N3O. The highest BCUT2D eigenvalue weighted by Crippen LogP contribution is 2.13. The lowest BCUT2D eigenvalue weighted by Gasteiger charge is -2.02. The van der Waals surface area contributed by atoms with Crippen molar-refractivity contribution in [3.8, 4) is 0 Å². The van der Waals surface area contributed by atoms with E-state index >= 15 is 0 Å². The van der Waals surface area contributed by atoms with Gasteiger partial charge in [-0.15, -0.1) is 0 Å². The first-order chi connectivity index (χ1) is 7.69. The van der Waals surface area contributed by atoms with Crippen molar-refractivity contribution in [2.75, 3.05) is 0 Å². The van der Waals surface area contributed by atoms with Crippen LogP contribution in [0.1, 0.15) is 28.4 Å². The summed E-state index contributed by atoms with van der Waals surface area (Å²) in [5.74, 6) is 1.17. The molecule has 0 saturated heterocycles. The molecule has 0 fully saturated rings. The summed E-state index contributed by atoms with van der Waals surface area (Å²) in [6.45, 7) is 4.51. The summed E-state index contributed by atoms with van der Waals surface area (Å²) >= 11 is 0. The monoisotopic (exact) mass is 217 g/mol. The van der Waals surface area contributed by atoms with Gasteiger partial charge in [0.2, 0.25) is 5.89 Å². The predicted octanol–water partition coefficient (Wildman–Crippen LogP) is 1.74. The van der Waals surface area contributed by atoms with E-state index in [2.05, 4.69) is 42.2 Å². The molecule has 1 aromatic heterocycles. The minimum absolute atomic E-state index is 0.316. The third kappa shape index (κ3) is 2.28. The average molecular weight is 217 g/mol. The van der Waals surface area contributed by atoms with E-state index in [0.717, 1.165) is 0 Å². The molecule has 1 aromatic carbocycles. The Morgan fingerprint density at radius 2 is 2.06 bits per heavy atom. The summed E-state index contributed by atoms with van der Waals surface area (Å²) in [4.78, 5) is 4.17. The van der Waals surface area contributed by atoms with E-state index in [-0.39, 0.29) is 0 Å². The standard InChI is InChI=1S/C12H15N3O/c1-8-3-4-10(5-9(8)2)6-12-14-11(7-13)15-16-12/h3-5H,6-7,13H2,1-2H3. The molecule has 2 rings (SSSR count). The molecular weight excluding hydrogens is 202 g/mol. The van der Waals surface area contributed by atoms with Gasteiger partial charge in [-0.25, -0.2) is 0 Å². The van der Waals surface area contributed by atoms with Crippen molar-refractivity contribution in [2.45, 2.75) is 26.8 Å². The molecule has 0 aliphatic heterocycles. The Morgan fingerprint density at radius 3 is 2.69 bits per heavy atom. The SMILES string of the molecule is Cc1ccc(Cc2nc(CN)no2)cc1C. The van der Waals surface area contributed by atoms with Gasteiger partial charge in [0.15, 0.2) is 5.82 Å². The van der Waals surface area contributed by atoms with Gasteiger partial charge in [-0.1, -0.05) is 23.4 Å². The Labute approximate surface area is 94.5 Å². The minimum atomic E-state index is 0.316. The predicted molar refractivity (Wildman–Crippen MR) is 60.9 cm³/mol. The van der Waals surface area contributed by atoms with Crippen molar-refractivity contribution >= 4 is 0 Å². The molecule has 0 bridgehead atoms. The molecule has 0 amide bonds. The Hall–Kier alpha value is -1.68. The van der Waals surface area contributed by atoms with Crippen LogP contribution in [-0.2, 0) is 13.0 Å². The van der Waals surface area contributed by atoms with Gasteiger partial charge in [-0.2, -0.15) is 4.98 Å². The molecule has 0 aliphatic rings. The van der Waals surface area contributed by atoms with Crippen molar-refractivity contribution in [2.24, 2.45) is 5.73 Å². The van der Waals surface area contributed by atoms with E-state index in [1.807, 2.05) is 0 Å². The fraction of sp³-hybridized carbons (Fsp3) is 0.333. The normalized spacial score (nSPS) is 10.7. The third-order valence-corrected chi connectivity index (χ3v) is 2.62. The molecule has 4 nitrogen and oxygen atoms in total. The summed E-state index contributed by atoms with van der Waals surface area (Å²) < 4.78 is 5.09. The molecule has 0 atom stereocenters. The van der Waals surface area contributed by atoms with Gasteiger partial charge in [-0.05, 0) is 30.5 Å². The Kier molecular flexibility index (Phi) is 3.01. The van der Waals surface area contributed by atoms with Crippen molar-refractivity contribution in [3.63, 3.8) is 0 Å². The van der Waals surface area contributed by atoms with Crippen LogP contribution in [-0.4, -0.2) is 10.1 Å². The van der Waals surface area contributed by atoms with E-state index in [0.29, 0.717) is 24.7 Å². The number of aryl methyl sites for hydroxylation is 2. The molecule has 2 N–H and O–H groups in total.